The first-order chi connectivity index (χ1) is 13.7. The maximum absolute atomic E-state index is 9.20. The molecule has 3 aromatic carbocycles. The van der Waals surface area contributed by atoms with Gasteiger partial charge in [0.05, 0.1) is 39.6 Å². The van der Waals surface area contributed by atoms with E-state index in [1.54, 1.807) is 27.4 Å². The van der Waals surface area contributed by atoms with Crippen molar-refractivity contribution < 1.29 is 18.9 Å². The average Bonchev–Trinajstić information content (AvgIpc) is 2.76. The minimum absolute atomic E-state index is 0.515. The summed E-state index contributed by atoms with van der Waals surface area (Å²) < 4.78 is 22.2. The lowest BCUT2D eigenvalue weighted by Crippen LogP contribution is -2.03. The number of nitriles is 1. The number of aryl methyl sites for hydroxylation is 1. The number of nitrogens with zero attached hydrogens (tertiary/aromatic N) is 1. The van der Waals surface area contributed by atoms with E-state index >= 15 is 0 Å². The van der Waals surface area contributed by atoms with E-state index in [9.17, 15) is 5.26 Å². The molecule has 5 nitrogen and oxygen atoms in total. The fourth-order valence-corrected chi connectivity index (χ4v) is 3.15. The van der Waals surface area contributed by atoms with Gasteiger partial charge in [-0.25, -0.2) is 0 Å². The zero-order valence-corrected chi connectivity index (χ0v) is 16.3. The molecule has 28 heavy (non-hydrogen) atoms. The van der Waals surface area contributed by atoms with Gasteiger partial charge >= 0.3 is 0 Å². The molecule has 0 aliphatic heterocycles. The molecule has 3 aromatic rings. The second-order valence-corrected chi connectivity index (χ2v) is 6.27. The van der Waals surface area contributed by atoms with Crippen LogP contribution in [0.4, 0.5) is 0 Å². The Morgan fingerprint density at radius 2 is 1.64 bits per heavy atom. The molecule has 0 saturated heterocycles. The molecule has 5 heteroatoms. The van der Waals surface area contributed by atoms with E-state index in [1.165, 1.54) is 0 Å². The van der Waals surface area contributed by atoms with Gasteiger partial charge in [0.1, 0.15) is 11.5 Å². The summed E-state index contributed by atoms with van der Waals surface area (Å²) in [4.78, 5) is 0. The van der Waals surface area contributed by atoms with Crippen LogP contribution in [-0.4, -0.2) is 27.9 Å². The van der Waals surface area contributed by atoms with Crippen LogP contribution in [0, 0.1) is 11.3 Å². The number of rotatable bonds is 8. The Kier molecular flexibility index (Phi) is 6.23. The van der Waals surface area contributed by atoms with E-state index in [2.05, 4.69) is 6.07 Å². The first kappa shape index (κ1) is 19.4. The highest BCUT2D eigenvalue weighted by Crippen LogP contribution is 2.36. The highest BCUT2D eigenvalue weighted by Gasteiger charge is 2.11. The number of methoxy groups -OCH3 is 3. The Bertz CT molecular complexity index is 1010. The lowest BCUT2D eigenvalue weighted by atomic mass is 10.1. The summed E-state index contributed by atoms with van der Waals surface area (Å²) in [5, 5.41) is 11.1. The van der Waals surface area contributed by atoms with Crippen LogP contribution in [0.3, 0.4) is 0 Å². The van der Waals surface area contributed by atoms with E-state index in [-0.39, 0.29) is 0 Å². The Morgan fingerprint density at radius 3 is 2.36 bits per heavy atom. The molecule has 0 fully saturated rings. The average molecular weight is 377 g/mol. The Morgan fingerprint density at radius 1 is 0.857 bits per heavy atom. The second kappa shape index (κ2) is 9.01. The molecule has 0 aliphatic carbocycles. The van der Waals surface area contributed by atoms with Gasteiger partial charge < -0.3 is 18.9 Å². The fraction of sp³-hybridized carbons (Fsp3) is 0.261. The van der Waals surface area contributed by atoms with Crippen LogP contribution in [0.1, 0.15) is 17.5 Å². The van der Waals surface area contributed by atoms with Gasteiger partial charge in [-0.15, -0.1) is 0 Å². The van der Waals surface area contributed by atoms with E-state index in [1.807, 2.05) is 42.5 Å². The molecule has 0 saturated carbocycles. The molecule has 0 amide bonds. The molecular weight excluding hydrogens is 354 g/mol. The molecule has 0 aromatic heterocycles. The molecule has 0 unspecified atom stereocenters. The second-order valence-electron chi connectivity index (χ2n) is 6.27. The van der Waals surface area contributed by atoms with Crippen LogP contribution < -0.4 is 18.9 Å². The quantitative estimate of drug-likeness (QED) is 0.530. The van der Waals surface area contributed by atoms with Gasteiger partial charge in [-0.2, -0.15) is 5.26 Å². The van der Waals surface area contributed by atoms with Crippen LogP contribution >= 0.6 is 0 Å². The third kappa shape index (κ3) is 4.12. The van der Waals surface area contributed by atoms with Crippen molar-refractivity contribution in [3.63, 3.8) is 0 Å². The summed E-state index contributed by atoms with van der Waals surface area (Å²) >= 11 is 0. The van der Waals surface area contributed by atoms with Crippen molar-refractivity contribution >= 4 is 10.8 Å². The first-order valence-corrected chi connectivity index (χ1v) is 9.04. The minimum atomic E-state index is 0.515. The number of hydrogen-bond donors (Lipinski definition) is 0. The fourth-order valence-electron chi connectivity index (χ4n) is 3.15. The third-order valence-electron chi connectivity index (χ3n) is 4.62. The summed E-state index contributed by atoms with van der Waals surface area (Å²) in [6, 6.07) is 17.4. The number of hydrogen-bond acceptors (Lipinski definition) is 5. The zero-order chi connectivity index (χ0) is 19.9. The van der Waals surface area contributed by atoms with Gasteiger partial charge in [-0.3, -0.25) is 0 Å². The monoisotopic (exact) mass is 377 g/mol. The third-order valence-corrected chi connectivity index (χ3v) is 4.62. The van der Waals surface area contributed by atoms with Crippen molar-refractivity contribution in [1.82, 2.24) is 0 Å². The lowest BCUT2D eigenvalue weighted by molar-refractivity contribution is 0.292. The molecule has 0 bridgehead atoms. The summed E-state index contributed by atoms with van der Waals surface area (Å²) in [5.41, 5.74) is 1.69. The van der Waals surface area contributed by atoms with Crippen LogP contribution in [-0.2, 0) is 6.42 Å². The number of ether oxygens (including phenoxy) is 4. The van der Waals surface area contributed by atoms with Gasteiger partial charge in [0, 0.05) is 11.5 Å². The molecular formula is C23H23NO4. The first-order valence-electron chi connectivity index (χ1n) is 9.04. The normalized spacial score (nSPS) is 10.4. The molecule has 0 radical (unpaired) electrons. The van der Waals surface area contributed by atoms with Crippen LogP contribution in [0.2, 0.25) is 0 Å². The minimum Gasteiger partial charge on any atom is -0.497 e. The van der Waals surface area contributed by atoms with Crippen LogP contribution in [0.15, 0.2) is 48.5 Å². The topological polar surface area (TPSA) is 60.7 Å². The van der Waals surface area contributed by atoms with E-state index in [4.69, 9.17) is 18.9 Å². The van der Waals surface area contributed by atoms with Crippen molar-refractivity contribution in [2.75, 3.05) is 27.9 Å². The molecule has 0 atom stereocenters. The predicted octanol–water partition coefficient (Wildman–Crippen LogP) is 4.75. The lowest BCUT2D eigenvalue weighted by Gasteiger charge is -2.14. The Balaban J connectivity index is 1.74. The molecule has 144 valence electrons. The number of benzene rings is 3. The zero-order valence-electron chi connectivity index (χ0n) is 16.3. The summed E-state index contributed by atoms with van der Waals surface area (Å²) in [6.07, 6.45) is 1.61. The van der Waals surface area contributed by atoms with Crippen LogP contribution in [0.25, 0.3) is 10.8 Å². The Hall–Kier alpha value is -3.39. The van der Waals surface area contributed by atoms with Gasteiger partial charge in [0.25, 0.3) is 0 Å². The van der Waals surface area contributed by atoms with Gasteiger partial charge in [0.2, 0.25) is 0 Å². The van der Waals surface area contributed by atoms with Crippen molar-refractivity contribution in [2.24, 2.45) is 0 Å². The predicted molar refractivity (Wildman–Crippen MR) is 109 cm³/mol. The molecule has 0 spiro atoms. The largest absolute Gasteiger partial charge is 0.497 e. The standard InChI is InChI=1S/C23H23NO4/c1-25-19-10-8-18(22(14-19)27-3)5-4-12-28-23-20-13-16(15-24)6-7-17(20)9-11-21(23)26-2/h6-11,13-14H,4-5,12H2,1-3H3. The SMILES string of the molecule is COc1ccc(CCCOc2c(OC)ccc3ccc(C#N)cc23)c(OC)c1. The van der Waals surface area contributed by atoms with Crippen LogP contribution in [0.5, 0.6) is 23.0 Å². The van der Waals surface area contributed by atoms with Crippen molar-refractivity contribution in [1.29, 1.82) is 5.26 Å². The molecule has 3 rings (SSSR count). The smallest absolute Gasteiger partial charge is 0.168 e. The van der Waals surface area contributed by atoms with Crippen molar-refractivity contribution in [3.05, 3.63) is 59.7 Å². The van der Waals surface area contributed by atoms with Gasteiger partial charge in [-0.1, -0.05) is 18.2 Å². The summed E-state index contributed by atoms with van der Waals surface area (Å²) in [6.45, 7) is 0.515. The molecule has 0 heterocycles. The number of fused-ring (bicyclic) bond motifs is 1. The van der Waals surface area contributed by atoms with Crippen molar-refractivity contribution in [2.45, 2.75) is 12.8 Å². The maximum atomic E-state index is 9.20. The van der Waals surface area contributed by atoms with Gasteiger partial charge in [-0.05, 0) is 48.1 Å². The highest BCUT2D eigenvalue weighted by atomic mass is 16.5. The Labute approximate surface area is 165 Å². The van der Waals surface area contributed by atoms with E-state index in [0.717, 1.165) is 40.7 Å². The molecule has 0 aliphatic rings. The summed E-state index contributed by atoms with van der Waals surface area (Å²) in [7, 11) is 4.91. The maximum Gasteiger partial charge on any atom is 0.168 e. The van der Waals surface area contributed by atoms with Crippen molar-refractivity contribution in [3.8, 4) is 29.1 Å². The van der Waals surface area contributed by atoms with E-state index < -0.39 is 0 Å². The van der Waals surface area contributed by atoms with E-state index in [0.29, 0.717) is 23.7 Å². The summed E-state index contributed by atoms with van der Waals surface area (Å²) in [5.74, 6) is 2.90. The highest BCUT2D eigenvalue weighted by molar-refractivity contribution is 5.91. The van der Waals surface area contributed by atoms with Gasteiger partial charge in [0.15, 0.2) is 11.5 Å². The molecule has 0 N–H and O–H groups in total.